The predicted octanol–water partition coefficient (Wildman–Crippen LogP) is 4.04. The number of hydrogen-bond donors (Lipinski definition) is 0. The van der Waals surface area contributed by atoms with Crippen LogP contribution >= 0.6 is 0 Å². The van der Waals surface area contributed by atoms with Crippen molar-refractivity contribution in [1.29, 1.82) is 5.26 Å². The fourth-order valence-corrected chi connectivity index (χ4v) is 3.84. The van der Waals surface area contributed by atoms with Gasteiger partial charge in [-0.05, 0) is 18.2 Å². The zero-order chi connectivity index (χ0) is 21.3. The Morgan fingerprint density at radius 2 is 2.07 bits per heavy atom. The molecule has 3 aromatic rings. The Labute approximate surface area is 173 Å². The van der Waals surface area contributed by atoms with Crippen LogP contribution in [0.15, 0.2) is 42.5 Å². The number of amides is 1. The highest BCUT2D eigenvalue weighted by atomic mass is 19.1. The molecule has 0 fully saturated rings. The van der Waals surface area contributed by atoms with Crippen LogP contribution in [0.1, 0.15) is 35.7 Å². The van der Waals surface area contributed by atoms with Crippen molar-refractivity contribution in [2.75, 3.05) is 6.54 Å². The molecule has 7 heteroatoms. The molecule has 1 aromatic heterocycles. The molecule has 0 saturated carbocycles. The number of nitriles is 1. The molecule has 0 spiro atoms. The quantitative estimate of drug-likeness (QED) is 0.657. The van der Waals surface area contributed by atoms with Crippen molar-refractivity contribution in [3.05, 3.63) is 76.5 Å². The first-order valence-electron chi connectivity index (χ1n) is 9.81. The zero-order valence-electron chi connectivity index (χ0n) is 16.5. The maximum Gasteiger partial charge on any atom is 0.222 e. The van der Waals surface area contributed by atoms with Crippen LogP contribution in [0.3, 0.4) is 0 Å². The van der Waals surface area contributed by atoms with Gasteiger partial charge in [-0.15, -0.1) is 0 Å². The lowest BCUT2D eigenvalue weighted by Gasteiger charge is -2.27. The average molecular weight is 406 g/mol. The van der Waals surface area contributed by atoms with Gasteiger partial charge in [-0.2, -0.15) is 10.4 Å². The van der Waals surface area contributed by atoms with Gasteiger partial charge in [0.05, 0.1) is 23.9 Å². The van der Waals surface area contributed by atoms with Crippen LogP contribution < -0.4 is 0 Å². The summed E-state index contributed by atoms with van der Waals surface area (Å²) in [5, 5.41) is 14.0. The molecule has 2 heterocycles. The number of carbonyl (C=O) groups excluding carboxylic acids is 1. The highest BCUT2D eigenvalue weighted by Crippen LogP contribution is 2.31. The van der Waals surface area contributed by atoms with Gasteiger partial charge >= 0.3 is 0 Å². The predicted molar refractivity (Wildman–Crippen MR) is 107 cm³/mol. The second kappa shape index (κ2) is 8.07. The van der Waals surface area contributed by atoms with E-state index in [-0.39, 0.29) is 12.5 Å². The van der Waals surface area contributed by atoms with Crippen LogP contribution in [0.2, 0.25) is 0 Å². The van der Waals surface area contributed by atoms with Gasteiger partial charge in [-0.1, -0.05) is 25.1 Å². The number of aromatic nitrogens is 2. The molecular weight excluding hydrogens is 386 g/mol. The Morgan fingerprint density at radius 3 is 2.80 bits per heavy atom. The minimum atomic E-state index is -0.624. The number of hydrogen-bond acceptors (Lipinski definition) is 3. The van der Waals surface area contributed by atoms with Gasteiger partial charge in [0, 0.05) is 54.4 Å². The SMILES string of the molecule is CCC(=O)N1CCc2c(c(-c3cccc(C#N)c3)nn2Cc2ccc(F)cc2F)C1. The normalized spacial score (nSPS) is 13.1. The lowest BCUT2D eigenvalue weighted by molar-refractivity contribution is -0.131. The first kappa shape index (κ1) is 19.8. The van der Waals surface area contributed by atoms with E-state index in [2.05, 4.69) is 6.07 Å². The molecule has 0 radical (unpaired) electrons. The lowest BCUT2D eigenvalue weighted by atomic mass is 9.99. The summed E-state index contributed by atoms with van der Waals surface area (Å²) in [5.41, 5.74) is 4.13. The zero-order valence-corrected chi connectivity index (χ0v) is 16.5. The summed E-state index contributed by atoms with van der Waals surface area (Å²) in [5.74, 6) is -1.18. The van der Waals surface area contributed by atoms with E-state index in [4.69, 9.17) is 5.10 Å². The summed E-state index contributed by atoms with van der Waals surface area (Å²) in [7, 11) is 0. The molecule has 4 rings (SSSR count). The summed E-state index contributed by atoms with van der Waals surface area (Å²) < 4.78 is 29.3. The summed E-state index contributed by atoms with van der Waals surface area (Å²) >= 11 is 0. The Morgan fingerprint density at radius 1 is 1.23 bits per heavy atom. The van der Waals surface area contributed by atoms with Gasteiger partial charge in [-0.3, -0.25) is 9.48 Å². The Hall–Kier alpha value is -3.53. The van der Waals surface area contributed by atoms with E-state index in [0.29, 0.717) is 42.8 Å². The van der Waals surface area contributed by atoms with Gasteiger partial charge in [0.2, 0.25) is 5.91 Å². The first-order valence-corrected chi connectivity index (χ1v) is 9.81. The van der Waals surface area contributed by atoms with Crippen molar-refractivity contribution in [3.8, 4) is 17.3 Å². The van der Waals surface area contributed by atoms with Crippen molar-refractivity contribution in [2.24, 2.45) is 0 Å². The first-order chi connectivity index (χ1) is 14.5. The molecule has 0 atom stereocenters. The Bertz CT molecular complexity index is 1160. The molecule has 2 aromatic carbocycles. The van der Waals surface area contributed by atoms with E-state index in [1.54, 1.807) is 27.8 Å². The molecule has 152 valence electrons. The third-order valence-corrected chi connectivity index (χ3v) is 5.39. The Balaban J connectivity index is 1.79. The fourth-order valence-electron chi connectivity index (χ4n) is 3.84. The van der Waals surface area contributed by atoms with Crippen molar-refractivity contribution < 1.29 is 13.6 Å². The number of benzene rings is 2. The third kappa shape index (κ3) is 3.69. The molecule has 5 nitrogen and oxygen atoms in total. The molecule has 1 aliphatic rings. The maximum atomic E-state index is 14.2. The minimum Gasteiger partial charge on any atom is -0.338 e. The molecule has 0 unspecified atom stereocenters. The topological polar surface area (TPSA) is 61.9 Å². The number of carbonyl (C=O) groups is 1. The highest BCUT2D eigenvalue weighted by Gasteiger charge is 2.28. The van der Waals surface area contributed by atoms with Crippen molar-refractivity contribution in [2.45, 2.75) is 32.9 Å². The third-order valence-electron chi connectivity index (χ3n) is 5.39. The van der Waals surface area contributed by atoms with Crippen molar-refractivity contribution in [3.63, 3.8) is 0 Å². The van der Waals surface area contributed by atoms with Crippen molar-refractivity contribution in [1.82, 2.24) is 14.7 Å². The van der Waals surface area contributed by atoms with Gasteiger partial charge in [0.1, 0.15) is 11.6 Å². The fraction of sp³-hybridized carbons (Fsp3) is 0.261. The van der Waals surface area contributed by atoms with E-state index in [1.807, 2.05) is 13.0 Å². The van der Waals surface area contributed by atoms with Crippen LogP contribution in [-0.4, -0.2) is 27.1 Å². The van der Waals surface area contributed by atoms with E-state index in [0.717, 1.165) is 22.9 Å². The number of nitrogens with zero attached hydrogens (tertiary/aromatic N) is 4. The second-order valence-electron chi connectivity index (χ2n) is 7.28. The molecule has 0 bridgehead atoms. The number of halogens is 2. The molecular formula is C23H20F2N4O. The highest BCUT2D eigenvalue weighted by molar-refractivity contribution is 5.77. The van der Waals surface area contributed by atoms with E-state index in [9.17, 15) is 18.8 Å². The van der Waals surface area contributed by atoms with Gasteiger partial charge in [0.15, 0.2) is 0 Å². The number of fused-ring (bicyclic) bond motifs is 1. The Kier molecular flexibility index (Phi) is 5.32. The molecule has 1 amide bonds. The van der Waals surface area contributed by atoms with E-state index >= 15 is 0 Å². The molecule has 30 heavy (non-hydrogen) atoms. The van der Waals surface area contributed by atoms with Crippen molar-refractivity contribution >= 4 is 5.91 Å². The number of rotatable bonds is 4. The summed E-state index contributed by atoms with van der Waals surface area (Å²) in [6.45, 7) is 2.97. The van der Waals surface area contributed by atoms with Gasteiger partial charge in [0.25, 0.3) is 0 Å². The molecule has 0 N–H and O–H groups in total. The van der Waals surface area contributed by atoms with Crippen LogP contribution in [0, 0.1) is 23.0 Å². The maximum absolute atomic E-state index is 14.2. The van der Waals surface area contributed by atoms with Crippen LogP contribution in [0.5, 0.6) is 0 Å². The second-order valence-corrected chi connectivity index (χ2v) is 7.28. The molecule has 0 saturated heterocycles. The summed E-state index contributed by atoms with van der Waals surface area (Å²) in [6.07, 6.45) is 1.01. The van der Waals surface area contributed by atoms with Crippen LogP contribution in [-0.2, 0) is 24.3 Å². The standard InChI is InChI=1S/C23H20F2N4O/c1-2-22(30)28-9-8-21-19(14-28)23(16-5-3-4-15(10-16)12-26)27-29(21)13-17-6-7-18(24)11-20(17)25/h3-7,10-11H,2,8-9,13-14H2,1H3. The van der Waals surface area contributed by atoms with Gasteiger partial charge in [-0.25, -0.2) is 8.78 Å². The summed E-state index contributed by atoms with van der Waals surface area (Å²) in [6, 6.07) is 12.8. The molecule has 1 aliphatic heterocycles. The summed E-state index contributed by atoms with van der Waals surface area (Å²) in [4.78, 5) is 14.1. The average Bonchev–Trinajstić information content (AvgIpc) is 3.12. The lowest BCUT2D eigenvalue weighted by Crippen LogP contribution is -2.36. The van der Waals surface area contributed by atoms with E-state index < -0.39 is 11.6 Å². The minimum absolute atomic E-state index is 0.0645. The largest absolute Gasteiger partial charge is 0.338 e. The van der Waals surface area contributed by atoms with Gasteiger partial charge < -0.3 is 4.90 Å². The monoisotopic (exact) mass is 406 g/mol. The van der Waals surface area contributed by atoms with Crippen LogP contribution in [0.25, 0.3) is 11.3 Å². The smallest absolute Gasteiger partial charge is 0.222 e. The van der Waals surface area contributed by atoms with Crippen LogP contribution in [0.4, 0.5) is 8.78 Å². The molecule has 0 aliphatic carbocycles. The van der Waals surface area contributed by atoms with E-state index in [1.165, 1.54) is 12.1 Å².